The van der Waals surface area contributed by atoms with Crippen molar-refractivity contribution < 1.29 is 0 Å². The van der Waals surface area contributed by atoms with E-state index < -0.39 is 0 Å². The van der Waals surface area contributed by atoms with Crippen LogP contribution < -0.4 is 10.6 Å². The van der Waals surface area contributed by atoms with Gasteiger partial charge >= 0.3 is 0 Å². The standard InChI is InChI=1S/C13H20N2/c1-9(2)15-8-10(3)12-6-4-5-11(7-14)13(12)15/h4-6,9-10H,7-8,14H2,1-3H3. The van der Waals surface area contributed by atoms with E-state index in [0.29, 0.717) is 18.5 Å². The van der Waals surface area contributed by atoms with Crippen LogP contribution in [-0.2, 0) is 6.54 Å². The predicted octanol–water partition coefficient (Wildman–Crippen LogP) is 2.48. The van der Waals surface area contributed by atoms with Crippen molar-refractivity contribution in [1.82, 2.24) is 0 Å². The average Bonchev–Trinajstić information content (AvgIpc) is 2.56. The van der Waals surface area contributed by atoms with E-state index in [1.165, 1.54) is 16.8 Å². The molecule has 15 heavy (non-hydrogen) atoms. The number of para-hydroxylation sites is 1. The van der Waals surface area contributed by atoms with E-state index in [1.807, 2.05) is 0 Å². The van der Waals surface area contributed by atoms with E-state index in [1.54, 1.807) is 0 Å². The van der Waals surface area contributed by atoms with Crippen molar-refractivity contribution >= 4 is 5.69 Å². The first-order valence-electron chi connectivity index (χ1n) is 5.73. The van der Waals surface area contributed by atoms with Crippen molar-refractivity contribution in [2.24, 2.45) is 5.73 Å². The van der Waals surface area contributed by atoms with Gasteiger partial charge in [-0.3, -0.25) is 0 Å². The molecule has 0 aromatic heterocycles. The Morgan fingerprint density at radius 2 is 2.20 bits per heavy atom. The summed E-state index contributed by atoms with van der Waals surface area (Å²) < 4.78 is 0. The highest BCUT2D eigenvalue weighted by atomic mass is 15.2. The number of fused-ring (bicyclic) bond motifs is 1. The van der Waals surface area contributed by atoms with Gasteiger partial charge in [-0.25, -0.2) is 0 Å². The Kier molecular flexibility index (Phi) is 2.70. The molecule has 1 unspecified atom stereocenters. The molecule has 1 atom stereocenters. The van der Waals surface area contributed by atoms with Crippen molar-refractivity contribution in [2.45, 2.75) is 39.3 Å². The maximum absolute atomic E-state index is 5.80. The largest absolute Gasteiger partial charge is 0.368 e. The van der Waals surface area contributed by atoms with Gasteiger partial charge < -0.3 is 10.6 Å². The van der Waals surface area contributed by atoms with Gasteiger partial charge in [0, 0.05) is 30.7 Å². The highest BCUT2D eigenvalue weighted by Gasteiger charge is 2.28. The van der Waals surface area contributed by atoms with Crippen LogP contribution in [0.5, 0.6) is 0 Å². The summed E-state index contributed by atoms with van der Waals surface area (Å²) in [6.07, 6.45) is 0. The van der Waals surface area contributed by atoms with Crippen molar-refractivity contribution in [3.8, 4) is 0 Å². The maximum atomic E-state index is 5.80. The Hall–Kier alpha value is -1.02. The number of benzene rings is 1. The van der Waals surface area contributed by atoms with Crippen LogP contribution in [0, 0.1) is 0 Å². The van der Waals surface area contributed by atoms with Gasteiger partial charge in [0.1, 0.15) is 0 Å². The minimum Gasteiger partial charge on any atom is -0.368 e. The van der Waals surface area contributed by atoms with Gasteiger partial charge in [-0.2, -0.15) is 0 Å². The van der Waals surface area contributed by atoms with Crippen molar-refractivity contribution in [1.29, 1.82) is 0 Å². The summed E-state index contributed by atoms with van der Waals surface area (Å²) in [5.41, 5.74) is 9.94. The van der Waals surface area contributed by atoms with Crippen LogP contribution in [-0.4, -0.2) is 12.6 Å². The molecule has 2 rings (SSSR count). The topological polar surface area (TPSA) is 29.3 Å². The second-order valence-corrected chi connectivity index (χ2v) is 4.71. The van der Waals surface area contributed by atoms with Crippen LogP contribution in [0.15, 0.2) is 18.2 Å². The Balaban J connectivity index is 2.51. The van der Waals surface area contributed by atoms with E-state index in [2.05, 4.69) is 43.9 Å². The molecule has 1 heterocycles. The van der Waals surface area contributed by atoms with Crippen LogP contribution in [0.2, 0.25) is 0 Å². The second kappa shape index (κ2) is 3.86. The molecule has 2 nitrogen and oxygen atoms in total. The monoisotopic (exact) mass is 204 g/mol. The number of hydrogen-bond donors (Lipinski definition) is 1. The van der Waals surface area contributed by atoms with Crippen molar-refractivity contribution in [3.63, 3.8) is 0 Å². The first-order valence-corrected chi connectivity index (χ1v) is 5.73. The number of anilines is 1. The minimum absolute atomic E-state index is 0.557. The molecule has 2 heteroatoms. The minimum atomic E-state index is 0.557. The summed E-state index contributed by atoms with van der Waals surface area (Å²) in [4.78, 5) is 2.47. The molecule has 0 amide bonds. The summed E-state index contributed by atoms with van der Waals surface area (Å²) in [6.45, 7) is 8.55. The third-order valence-corrected chi connectivity index (χ3v) is 3.28. The fraction of sp³-hybridized carbons (Fsp3) is 0.538. The fourth-order valence-corrected chi connectivity index (χ4v) is 2.48. The third-order valence-electron chi connectivity index (χ3n) is 3.28. The molecule has 1 aliphatic heterocycles. The van der Waals surface area contributed by atoms with Gasteiger partial charge in [0.15, 0.2) is 0 Å². The van der Waals surface area contributed by atoms with Crippen LogP contribution in [0.25, 0.3) is 0 Å². The normalized spacial score (nSPS) is 19.8. The van der Waals surface area contributed by atoms with Gasteiger partial charge in [0.05, 0.1) is 0 Å². The van der Waals surface area contributed by atoms with Crippen molar-refractivity contribution in [3.05, 3.63) is 29.3 Å². The molecule has 1 aromatic carbocycles. The predicted molar refractivity (Wildman–Crippen MR) is 65.2 cm³/mol. The van der Waals surface area contributed by atoms with Crippen molar-refractivity contribution in [2.75, 3.05) is 11.4 Å². The van der Waals surface area contributed by atoms with Gasteiger partial charge in [-0.05, 0) is 25.0 Å². The maximum Gasteiger partial charge on any atom is 0.0450 e. The molecule has 0 saturated heterocycles. The Morgan fingerprint density at radius 3 is 2.80 bits per heavy atom. The van der Waals surface area contributed by atoms with E-state index in [0.717, 1.165) is 6.54 Å². The molecule has 82 valence electrons. The zero-order chi connectivity index (χ0) is 11.0. The quantitative estimate of drug-likeness (QED) is 0.802. The first kappa shape index (κ1) is 10.5. The molecule has 0 fully saturated rings. The summed E-state index contributed by atoms with van der Waals surface area (Å²) in [6, 6.07) is 7.07. The molecule has 0 spiro atoms. The molecular formula is C13H20N2. The fourth-order valence-electron chi connectivity index (χ4n) is 2.48. The zero-order valence-electron chi connectivity index (χ0n) is 9.83. The number of hydrogen-bond acceptors (Lipinski definition) is 2. The second-order valence-electron chi connectivity index (χ2n) is 4.71. The Bertz CT molecular complexity index is 358. The summed E-state index contributed by atoms with van der Waals surface area (Å²) in [7, 11) is 0. The molecule has 0 radical (unpaired) electrons. The first-order chi connectivity index (χ1) is 7.15. The smallest absolute Gasteiger partial charge is 0.0450 e. The average molecular weight is 204 g/mol. The highest BCUT2D eigenvalue weighted by molar-refractivity contribution is 5.65. The molecule has 1 aromatic rings. The van der Waals surface area contributed by atoms with Crippen LogP contribution in [0.3, 0.4) is 0 Å². The van der Waals surface area contributed by atoms with Gasteiger partial charge in [-0.1, -0.05) is 25.1 Å². The lowest BCUT2D eigenvalue weighted by atomic mass is 10.0. The van der Waals surface area contributed by atoms with Crippen LogP contribution >= 0.6 is 0 Å². The zero-order valence-corrected chi connectivity index (χ0v) is 9.83. The Morgan fingerprint density at radius 1 is 1.47 bits per heavy atom. The summed E-state index contributed by atoms with van der Waals surface area (Å²) >= 11 is 0. The molecular weight excluding hydrogens is 184 g/mol. The van der Waals surface area contributed by atoms with Gasteiger partial charge in [0.25, 0.3) is 0 Å². The third kappa shape index (κ3) is 1.63. The Labute approximate surface area is 92.1 Å². The molecule has 1 aliphatic rings. The van der Waals surface area contributed by atoms with E-state index in [4.69, 9.17) is 5.73 Å². The highest BCUT2D eigenvalue weighted by Crippen LogP contribution is 2.39. The van der Waals surface area contributed by atoms with E-state index in [-0.39, 0.29) is 0 Å². The van der Waals surface area contributed by atoms with E-state index in [9.17, 15) is 0 Å². The number of nitrogens with two attached hydrogens (primary N) is 1. The molecule has 0 bridgehead atoms. The van der Waals surface area contributed by atoms with Crippen LogP contribution in [0.4, 0.5) is 5.69 Å². The molecule has 0 aliphatic carbocycles. The van der Waals surface area contributed by atoms with Gasteiger partial charge in [-0.15, -0.1) is 0 Å². The lowest BCUT2D eigenvalue weighted by molar-refractivity contribution is 0.668. The van der Waals surface area contributed by atoms with Gasteiger partial charge in [0.2, 0.25) is 0 Å². The summed E-state index contributed by atoms with van der Waals surface area (Å²) in [5.74, 6) is 0.633. The van der Waals surface area contributed by atoms with E-state index >= 15 is 0 Å². The molecule has 0 saturated carbocycles. The number of rotatable bonds is 2. The lowest BCUT2D eigenvalue weighted by Gasteiger charge is -2.26. The SMILES string of the molecule is CC1CN(C(C)C)c2c(CN)cccc21. The lowest BCUT2D eigenvalue weighted by Crippen LogP contribution is -2.30. The summed E-state index contributed by atoms with van der Waals surface area (Å²) in [5, 5.41) is 0. The van der Waals surface area contributed by atoms with Crippen LogP contribution in [0.1, 0.15) is 37.8 Å². The number of nitrogens with zero attached hydrogens (tertiary/aromatic N) is 1. The molecule has 2 N–H and O–H groups in total.